The summed E-state index contributed by atoms with van der Waals surface area (Å²) < 4.78 is 29.0. The van der Waals surface area contributed by atoms with Crippen LogP contribution in [-0.2, 0) is 39.8 Å². The lowest BCUT2D eigenvalue weighted by Gasteiger charge is -2.36. The summed E-state index contributed by atoms with van der Waals surface area (Å²) in [7, 11) is 4.99. The van der Waals surface area contributed by atoms with Crippen molar-refractivity contribution in [2.45, 2.75) is 97.7 Å². The molecule has 1 aromatic rings. The Balaban J connectivity index is 2.11. The van der Waals surface area contributed by atoms with Crippen LogP contribution in [0.5, 0.6) is 5.75 Å². The Morgan fingerprint density at radius 2 is 1.86 bits per heavy atom. The molecule has 1 aromatic carbocycles. The smallest absolute Gasteiger partial charge is 0.302 e. The second-order valence-electron chi connectivity index (χ2n) is 12.5. The van der Waals surface area contributed by atoms with Gasteiger partial charge in [0.15, 0.2) is 0 Å². The van der Waals surface area contributed by atoms with Crippen molar-refractivity contribution in [3.05, 3.63) is 47.1 Å². The lowest BCUT2D eigenvalue weighted by Crippen LogP contribution is -2.42. The Morgan fingerprint density at radius 3 is 2.45 bits per heavy atom. The fraction of sp³-hybridized carbons (Fsp3) is 0.606. The topological polar surface area (TPSA) is 104 Å². The highest BCUT2D eigenvalue weighted by Crippen LogP contribution is 2.49. The van der Waals surface area contributed by atoms with Gasteiger partial charge in [0, 0.05) is 32.6 Å². The maximum absolute atomic E-state index is 13.6. The molecule has 0 spiro atoms. The number of hydrogen-bond acceptors (Lipinski definition) is 8. The summed E-state index contributed by atoms with van der Waals surface area (Å²) in [4.78, 5) is 39.0. The molecule has 0 saturated carbocycles. The number of ether oxygens (including phenoxy) is 5. The van der Waals surface area contributed by atoms with Gasteiger partial charge < -0.3 is 28.6 Å². The first-order chi connectivity index (χ1) is 19.7. The van der Waals surface area contributed by atoms with E-state index in [1.807, 2.05) is 58.1 Å². The van der Waals surface area contributed by atoms with Gasteiger partial charge in [-0.3, -0.25) is 14.4 Å². The predicted octanol–water partition coefficient (Wildman–Crippen LogP) is 5.11. The standard InChI is InChI=1S/C33H47NO8/c1-20-12-11-13-28(39-10)32(5,6)18-27(41-23(4)36)22(3)31-33(7,42-31)29(40-19-35)17-30(37)34(8)25-15-24(14-20)16-26(38-9)21(25)2/h11-13,15-16,19,22,27-29,31H,14,17-18H2,1-10H3/b13-11+,20-12+. The van der Waals surface area contributed by atoms with Crippen molar-refractivity contribution in [3.8, 4) is 5.75 Å². The van der Waals surface area contributed by atoms with E-state index in [9.17, 15) is 14.4 Å². The number of nitrogens with zero attached hydrogens (tertiary/aromatic N) is 1. The lowest BCUT2D eigenvalue weighted by atomic mass is 9.76. The summed E-state index contributed by atoms with van der Waals surface area (Å²) in [5, 5.41) is 0. The van der Waals surface area contributed by atoms with Crippen molar-refractivity contribution < 1.29 is 38.1 Å². The summed E-state index contributed by atoms with van der Waals surface area (Å²) in [5.41, 5.74) is 2.30. The molecule has 1 saturated heterocycles. The van der Waals surface area contributed by atoms with Crippen LogP contribution in [0.3, 0.4) is 0 Å². The molecular weight excluding hydrogens is 538 g/mol. The first-order valence-electron chi connectivity index (χ1n) is 14.4. The van der Waals surface area contributed by atoms with Crippen LogP contribution in [0.2, 0.25) is 0 Å². The SMILES string of the molecule is COc1cc2cc(c1C)N(C)C(=O)CC(OC=O)C1(C)OC1C(C)C(OC(C)=O)CC(C)(C)C(OC)/C=C/C=C(\C)C2. The third-order valence-electron chi connectivity index (χ3n) is 8.74. The van der Waals surface area contributed by atoms with Crippen LogP contribution in [0.25, 0.3) is 0 Å². The molecule has 9 nitrogen and oxygen atoms in total. The molecule has 6 atom stereocenters. The first-order valence-corrected chi connectivity index (χ1v) is 14.4. The largest absolute Gasteiger partial charge is 0.496 e. The Bertz CT molecular complexity index is 1220. The highest BCUT2D eigenvalue weighted by Gasteiger charge is 2.63. The molecule has 2 aliphatic heterocycles. The van der Waals surface area contributed by atoms with Crippen LogP contribution in [0, 0.1) is 18.3 Å². The van der Waals surface area contributed by atoms with Crippen LogP contribution >= 0.6 is 0 Å². The van der Waals surface area contributed by atoms with Gasteiger partial charge in [-0.25, -0.2) is 0 Å². The first kappa shape index (κ1) is 33.3. The second kappa shape index (κ2) is 13.4. The maximum atomic E-state index is 13.6. The van der Waals surface area contributed by atoms with Gasteiger partial charge in [0.1, 0.15) is 23.6 Å². The van der Waals surface area contributed by atoms with Crippen LogP contribution in [0.4, 0.5) is 5.69 Å². The number of anilines is 1. The van der Waals surface area contributed by atoms with Gasteiger partial charge in [-0.05, 0) is 56.7 Å². The van der Waals surface area contributed by atoms with Crippen molar-refractivity contribution in [1.29, 1.82) is 0 Å². The number of esters is 1. The Hall–Kier alpha value is -3.17. The molecule has 1 amide bonds. The van der Waals surface area contributed by atoms with Crippen molar-refractivity contribution in [2.24, 2.45) is 11.3 Å². The van der Waals surface area contributed by atoms with E-state index in [0.29, 0.717) is 30.8 Å². The quantitative estimate of drug-likeness (QED) is 0.267. The van der Waals surface area contributed by atoms with Crippen molar-refractivity contribution >= 4 is 24.0 Å². The van der Waals surface area contributed by atoms with Gasteiger partial charge in [0.05, 0.1) is 31.4 Å². The minimum atomic E-state index is -0.932. The molecule has 2 aliphatic rings. The lowest BCUT2D eigenvalue weighted by molar-refractivity contribution is -0.152. The highest BCUT2D eigenvalue weighted by atomic mass is 16.6. The van der Waals surface area contributed by atoms with Gasteiger partial charge in [0.25, 0.3) is 6.47 Å². The number of allylic oxidation sites excluding steroid dienone is 3. The normalized spacial score (nSPS) is 32.1. The number of benzene rings is 1. The van der Waals surface area contributed by atoms with Gasteiger partial charge in [-0.1, -0.05) is 44.6 Å². The van der Waals surface area contributed by atoms with Crippen LogP contribution in [-0.4, -0.2) is 69.6 Å². The number of epoxide rings is 1. The maximum Gasteiger partial charge on any atom is 0.302 e. The Morgan fingerprint density at radius 1 is 1.17 bits per heavy atom. The zero-order valence-corrected chi connectivity index (χ0v) is 26.7. The molecule has 1 fully saturated rings. The molecule has 2 heterocycles. The minimum absolute atomic E-state index is 0.0841. The third-order valence-corrected chi connectivity index (χ3v) is 8.74. The van der Waals surface area contributed by atoms with Crippen LogP contribution in [0.1, 0.15) is 65.5 Å². The third kappa shape index (κ3) is 7.42. The molecule has 0 N–H and O–H groups in total. The van der Waals surface area contributed by atoms with Crippen LogP contribution < -0.4 is 9.64 Å². The number of fused-ring (bicyclic) bond motifs is 3. The molecule has 9 heteroatoms. The molecule has 0 aromatic heterocycles. The van der Waals surface area contributed by atoms with Gasteiger partial charge in [-0.2, -0.15) is 0 Å². The monoisotopic (exact) mass is 585 g/mol. The molecule has 2 bridgehead atoms. The number of amides is 1. The molecule has 0 radical (unpaired) electrons. The van der Waals surface area contributed by atoms with E-state index < -0.39 is 35.3 Å². The summed E-state index contributed by atoms with van der Waals surface area (Å²) in [5.74, 6) is -0.198. The number of methoxy groups -OCH3 is 2. The summed E-state index contributed by atoms with van der Waals surface area (Å²) >= 11 is 0. The molecule has 0 aliphatic carbocycles. The molecule has 232 valence electrons. The highest BCUT2D eigenvalue weighted by molar-refractivity contribution is 5.94. The Kier molecular flexibility index (Phi) is 10.7. The average molecular weight is 586 g/mol. The van der Waals surface area contributed by atoms with E-state index in [0.717, 1.165) is 16.7 Å². The van der Waals surface area contributed by atoms with Gasteiger partial charge >= 0.3 is 5.97 Å². The Labute approximate surface area is 250 Å². The van der Waals surface area contributed by atoms with E-state index in [1.54, 1.807) is 26.2 Å². The van der Waals surface area contributed by atoms with Crippen molar-refractivity contribution in [2.75, 3.05) is 26.2 Å². The van der Waals surface area contributed by atoms with E-state index in [1.165, 1.54) is 6.92 Å². The van der Waals surface area contributed by atoms with Crippen LogP contribution in [0.15, 0.2) is 35.9 Å². The minimum Gasteiger partial charge on any atom is -0.496 e. The van der Waals surface area contributed by atoms with E-state index in [-0.39, 0.29) is 24.3 Å². The number of rotatable bonds is 5. The molecular formula is C33H47NO8. The van der Waals surface area contributed by atoms with E-state index >= 15 is 0 Å². The zero-order chi connectivity index (χ0) is 31.4. The molecule has 42 heavy (non-hydrogen) atoms. The second-order valence-corrected chi connectivity index (χ2v) is 12.5. The summed E-state index contributed by atoms with van der Waals surface area (Å²) in [6.45, 7) is 13.6. The summed E-state index contributed by atoms with van der Waals surface area (Å²) in [6, 6.07) is 3.98. The van der Waals surface area contributed by atoms with Crippen molar-refractivity contribution in [3.63, 3.8) is 0 Å². The number of hydrogen-bond donors (Lipinski definition) is 0. The van der Waals surface area contributed by atoms with Gasteiger partial charge in [-0.15, -0.1) is 0 Å². The molecule has 6 unspecified atom stereocenters. The molecule has 3 rings (SSSR count). The fourth-order valence-corrected chi connectivity index (χ4v) is 6.14. The van der Waals surface area contributed by atoms with Gasteiger partial charge in [0.2, 0.25) is 5.91 Å². The number of carbonyl (C=O) groups is 3. The summed E-state index contributed by atoms with van der Waals surface area (Å²) in [6.07, 6.45) is 5.12. The predicted molar refractivity (Wildman–Crippen MR) is 160 cm³/mol. The van der Waals surface area contributed by atoms with E-state index in [4.69, 9.17) is 23.7 Å². The van der Waals surface area contributed by atoms with Crippen molar-refractivity contribution in [1.82, 2.24) is 0 Å². The fourth-order valence-electron chi connectivity index (χ4n) is 6.14. The average Bonchev–Trinajstić information content (AvgIpc) is 3.61. The van der Waals surface area contributed by atoms with E-state index in [2.05, 4.69) is 13.8 Å². The number of carbonyl (C=O) groups excluding carboxylic acids is 3. The zero-order valence-electron chi connectivity index (χ0n) is 26.7.